The molecule has 6 nitrogen and oxygen atoms in total. The molecule has 2 amide bonds. The number of nitrogens with one attached hydrogen (secondary N) is 1. The number of hydrogen-bond donors (Lipinski definition) is 1. The normalized spacial score (nSPS) is 19.5. The number of hydrogen-bond acceptors (Lipinski definition) is 4. The Morgan fingerprint density at radius 2 is 1.93 bits per heavy atom. The fourth-order valence-electron chi connectivity index (χ4n) is 3.15. The maximum absolute atomic E-state index is 13.2. The van der Waals surface area contributed by atoms with Gasteiger partial charge < -0.3 is 19.7 Å². The molecule has 1 N–H and O–H groups in total. The van der Waals surface area contributed by atoms with Gasteiger partial charge in [-0.3, -0.25) is 9.59 Å². The highest BCUT2D eigenvalue weighted by Gasteiger charge is 2.28. The van der Waals surface area contributed by atoms with E-state index in [1.54, 1.807) is 36.3 Å². The first-order chi connectivity index (χ1) is 13.6. The minimum Gasteiger partial charge on any atom is -0.496 e. The molecular weight excluding hydrogens is 424 g/mol. The highest BCUT2D eigenvalue weighted by molar-refractivity contribution is 9.15. The Labute approximate surface area is 173 Å². The first-order valence-electron chi connectivity index (χ1n) is 9.24. The standard InChI is InChI=1S/C21H23BrN2O4/c1-27-16-10-4-3-9-15(16)18(22)19(21(26)24-12-6-2-7-13-24)23-20(25)17-11-5-8-14-28-17/h3-5,8-11,14,17H,2,6-7,12-13H2,1H3,(H,23,25)/b19-18+. The summed E-state index contributed by atoms with van der Waals surface area (Å²) in [6.45, 7) is 1.35. The Balaban J connectivity index is 1.95. The van der Waals surface area contributed by atoms with Gasteiger partial charge in [0.15, 0.2) is 6.10 Å². The molecule has 0 aliphatic carbocycles. The minimum atomic E-state index is -0.785. The molecule has 1 unspecified atom stereocenters. The number of methoxy groups -OCH3 is 1. The average Bonchev–Trinajstić information content (AvgIpc) is 2.77. The lowest BCUT2D eigenvalue weighted by molar-refractivity contribution is -0.132. The van der Waals surface area contributed by atoms with Gasteiger partial charge in [-0.05, 0) is 53.4 Å². The number of likely N-dealkylation sites (tertiary alicyclic amines) is 1. The third-order valence-electron chi connectivity index (χ3n) is 4.63. The Hall–Kier alpha value is -2.54. The van der Waals surface area contributed by atoms with Crippen molar-refractivity contribution in [2.75, 3.05) is 20.2 Å². The van der Waals surface area contributed by atoms with E-state index in [0.29, 0.717) is 28.9 Å². The van der Waals surface area contributed by atoms with Crippen LogP contribution in [0.3, 0.4) is 0 Å². The number of allylic oxidation sites excluding steroid dienone is 2. The number of amides is 2. The predicted molar refractivity (Wildman–Crippen MR) is 111 cm³/mol. The summed E-state index contributed by atoms with van der Waals surface area (Å²) in [7, 11) is 1.57. The second-order valence-corrected chi connectivity index (χ2v) is 7.29. The Morgan fingerprint density at radius 3 is 2.61 bits per heavy atom. The lowest BCUT2D eigenvalue weighted by Gasteiger charge is -2.28. The first-order valence-corrected chi connectivity index (χ1v) is 10.0. The number of halogens is 1. The van der Waals surface area contributed by atoms with Crippen LogP contribution in [0.1, 0.15) is 24.8 Å². The number of benzene rings is 1. The van der Waals surface area contributed by atoms with Gasteiger partial charge in [-0.2, -0.15) is 0 Å². The lowest BCUT2D eigenvalue weighted by atomic mass is 10.1. The van der Waals surface area contributed by atoms with Crippen molar-refractivity contribution in [2.24, 2.45) is 0 Å². The summed E-state index contributed by atoms with van der Waals surface area (Å²) in [4.78, 5) is 27.7. The molecule has 7 heteroatoms. The Kier molecular flexibility index (Phi) is 6.92. The van der Waals surface area contributed by atoms with Crippen LogP contribution in [-0.2, 0) is 14.3 Å². The summed E-state index contributed by atoms with van der Waals surface area (Å²) in [6.07, 6.45) is 8.76. The smallest absolute Gasteiger partial charge is 0.271 e. The van der Waals surface area contributed by atoms with Crippen LogP contribution in [0.5, 0.6) is 5.75 Å². The van der Waals surface area contributed by atoms with Gasteiger partial charge in [0.1, 0.15) is 11.4 Å². The van der Waals surface area contributed by atoms with E-state index in [-0.39, 0.29) is 11.6 Å². The van der Waals surface area contributed by atoms with Gasteiger partial charge in [-0.15, -0.1) is 0 Å². The number of para-hydroxylation sites is 1. The first kappa shape index (κ1) is 20.2. The zero-order valence-corrected chi connectivity index (χ0v) is 17.3. The SMILES string of the molecule is COc1ccccc1/C(Br)=C(\NC(=O)C1C=CC=CO1)C(=O)N1CCCCC1. The van der Waals surface area contributed by atoms with Crippen molar-refractivity contribution in [3.63, 3.8) is 0 Å². The number of piperidine rings is 1. The van der Waals surface area contributed by atoms with E-state index in [1.807, 2.05) is 18.2 Å². The zero-order chi connectivity index (χ0) is 19.9. The number of carbonyl (C=O) groups is 2. The van der Waals surface area contributed by atoms with Crippen molar-refractivity contribution in [1.82, 2.24) is 10.2 Å². The number of rotatable bonds is 5. The molecule has 2 heterocycles. The monoisotopic (exact) mass is 446 g/mol. The van der Waals surface area contributed by atoms with Gasteiger partial charge in [-0.1, -0.05) is 24.3 Å². The van der Waals surface area contributed by atoms with E-state index < -0.39 is 12.0 Å². The summed E-state index contributed by atoms with van der Waals surface area (Å²) in [5.41, 5.74) is 0.869. The fourth-order valence-corrected chi connectivity index (χ4v) is 3.74. The molecule has 0 radical (unpaired) electrons. The zero-order valence-electron chi connectivity index (χ0n) is 15.7. The summed E-state index contributed by atoms with van der Waals surface area (Å²) in [5, 5.41) is 2.77. The molecule has 2 aliphatic rings. The minimum absolute atomic E-state index is 0.183. The van der Waals surface area contributed by atoms with Gasteiger partial charge >= 0.3 is 0 Å². The van der Waals surface area contributed by atoms with E-state index in [4.69, 9.17) is 9.47 Å². The van der Waals surface area contributed by atoms with Crippen LogP contribution in [0.15, 0.2) is 54.5 Å². The van der Waals surface area contributed by atoms with Crippen molar-refractivity contribution >= 4 is 32.2 Å². The summed E-state index contributed by atoms with van der Waals surface area (Å²) >= 11 is 3.53. The van der Waals surface area contributed by atoms with Crippen molar-refractivity contribution in [1.29, 1.82) is 0 Å². The molecule has 1 atom stereocenters. The van der Waals surface area contributed by atoms with Crippen LogP contribution in [0.25, 0.3) is 4.48 Å². The molecule has 1 aromatic rings. The number of carbonyl (C=O) groups excluding carboxylic acids is 2. The van der Waals surface area contributed by atoms with E-state index in [9.17, 15) is 9.59 Å². The summed E-state index contributed by atoms with van der Waals surface area (Å²) in [5.74, 6) is -0.0294. The summed E-state index contributed by atoms with van der Waals surface area (Å²) < 4.78 is 11.2. The van der Waals surface area contributed by atoms with Crippen LogP contribution in [0, 0.1) is 0 Å². The fraction of sp³-hybridized carbons (Fsp3) is 0.333. The van der Waals surface area contributed by atoms with Crippen LogP contribution in [0.4, 0.5) is 0 Å². The van der Waals surface area contributed by atoms with Gasteiger partial charge in [0, 0.05) is 18.7 Å². The Bertz CT molecular complexity index is 825. The van der Waals surface area contributed by atoms with Crippen LogP contribution >= 0.6 is 15.9 Å². The van der Waals surface area contributed by atoms with Crippen LogP contribution in [-0.4, -0.2) is 43.0 Å². The maximum Gasteiger partial charge on any atom is 0.271 e. The molecule has 1 saturated heterocycles. The molecule has 28 heavy (non-hydrogen) atoms. The molecule has 0 aromatic heterocycles. The molecule has 148 valence electrons. The van der Waals surface area contributed by atoms with E-state index in [2.05, 4.69) is 21.2 Å². The third-order valence-corrected chi connectivity index (χ3v) is 5.45. The van der Waals surface area contributed by atoms with Gasteiger partial charge in [0.05, 0.1) is 17.9 Å². The van der Waals surface area contributed by atoms with Crippen LogP contribution in [0.2, 0.25) is 0 Å². The molecule has 2 aliphatic heterocycles. The van der Waals surface area contributed by atoms with E-state index in [1.165, 1.54) is 6.26 Å². The Morgan fingerprint density at radius 1 is 1.18 bits per heavy atom. The van der Waals surface area contributed by atoms with Gasteiger partial charge in [-0.25, -0.2) is 0 Å². The van der Waals surface area contributed by atoms with Crippen LogP contribution < -0.4 is 10.1 Å². The molecule has 0 bridgehead atoms. The van der Waals surface area contributed by atoms with Crippen molar-refractivity contribution < 1.29 is 19.1 Å². The molecule has 1 fully saturated rings. The lowest BCUT2D eigenvalue weighted by Crippen LogP contribution is -2.43. The van der Waals surface area contributed by atoms with Gasteiger partial charge in [0.25, 0.3) is 11.8 Å². The highest BCUT2D eigenvalue weighted by atomic mass is 79.9. The molecule has 3 rings (SSSR count). The average molecular weight is 447 g/mol. The maximum atomic E-state index is 13.2. The third kappa shape index (κ3) is 4.65. The molecule has 0 saturated carbocycles. The second kappa shape index (κ2) is 9.59. The number of nitrogens with zero attached hydrogens (tertiary/aromatic N) is 1. The van der Waals surface area contributed by atoms with Crippen molar-refractivity contribution in [3.05, 3.63) is 60.0 Å². The molecule has 1 aromatic carbocycles. The van der Waals surface area contributed by atoms with E-state index in [0.717, 1.165) is 19.3 Å². The molecular formula is C21H23BrN2O4. The largest absolute Gasteiger partial charge is 0.496 e. The van der Waals surface area contributed by atoms with Crippen molar-refractivity contribution in [3.8, 4) is 5.75 Å². The summed E-state index contributed by atoms with van der Waals surface area (Å²) in [6, 6.07) is 7.33. The van der Waals surface area contributed by atoms with E-state index >= 15 is 0 Å². The predicted octanol–water partition coefficient (Wildman–Crippen LogP) is 3.36. The van der Waals surface area contributed by atoms with Crippen molar-refractivity contribution in [2.45, 2.75) is 25.4 Å². The second-order valence-electron chi connectivity index (χ2n) is 6.50. The topological polar surface area (TPSA) is 67.9 Å². The van der Waals surface area contributed by atoms with Gasteiger partial charge in [0.2, 0.25) is 0 Å². The highest BCUT2D eigenvalue weighted by Crippen LogP contribution is 2.33. The quantitative estimate of drug-likeness (QED) is 0.704. The molecule has 0 spiro atoms. The number of ether oxygens (including phenoxy) is 2.